The average Bonchev–Trinajstić information content (AvgIpc) is 2.35. The van der Waals surface area contributed by atoms with Crippen molar-refractivity contribution in [3.63, 3.8) is 0 Å². The molecule has 4 nitrogen and oxygen atoms in total. The lowest BCUT2D eigenvalue weighted by atomic mass is 10.3. The lowest BCUT2D eigenvalue weighted by molar-refractivity contribution is 0.601. The average molecular weight is 301 g/mol. The smallest absolute Gasteiger partial charge is 0.261 e. The third-order valence-corrected chi connectivity index (χ3v) is 4.15. The van der Waals surface area contributed by atoms with Crippen LogP contribution in [0.1, 0.15) is 0 Å². The lowest BCUT2D eigenvalue weighted by Gasteiger charge is -2.10. The number of nitrogens with two attached hydrogens (primary N) is 1. The van der Waals surface area contributed by atoms with Crippen molar-refractivity contribution in [2.75, 3.05) is 10.5 Å². The van der Waals surface area contributed by atoms with Crippen molar-refractivity contribution in [3.8, 4) is 0 Å². The van der Waals surface area contributed by atoms with Crippen LogP contribution in [0.2, 0.25) is 5.02 Å². The fraction of sp³-hybridized carbons (Fsp3) is 0. The first-order valence-corrected chi connectivity index (χ1v) is 7.08. The number of sulfonamides is 1. The minimum absolute atomic E-state index is 0.0153. The Balaban J connectivity index is 2.36. The molecule has 0 saturated heterocycles. The quantitative estimate of drug-likeness (QED) is 0.856. The highest BCUT2D eigenvalue weighted by molar-refractivity contribution is 7.92. The molecule has 2 aromatic carbocycles. The Morgan fingerprint density at radius 2 is 1.74 bits per heavy atom. The molecule has 2 rings (SSSR count). The zero-order chi connectivity index (χ0) is 14.0. The van der Waals surface area contributed by atoms with E-state index in [1.165, 1.54) is 36.4 Å². The molecule has 0 saturated carbocycles. The van der Waals surface area contributed by atoms with Crippen LogP contribution in [0, 0.1) is 5.82 Å². The van der Waals surface area contributed by atoms with Crippen molar-refractivity contribution in [1.29, 1.82) is 0 Å². The summed E-state index contributed by atoms with van der Waals surface area (Å²) in [5.74, 6) is -0.695. The predicted molar refractivity (Wildman–Crippen MR) is 73.1 cm³/mol. The standard InChI is InChI=1S/C12H10ClFN2O2S/c13-12-10(14)2-1-3-11(12)16-19(17,18)9-6-4-8(15)5-7-9/h1-7,16H,15H2. The number of hydrogen-bond acceptors (Lipinski definition) is 3. The summed E-state index contributed by atoms with van der Waals surface area (Å²) in [6.45, 7) is 0. The number of nitrogens with one attached hydrogen (secondary N) is 1. The first-order chi connectivity index (χ1) is 8.90. The highest BCUT2D eigenvalue weighted by atomic mass is 35.5. The number of rotatable bonds is 3. The van der Waals surface area contributed by atoms with Gasteiger partial charge in [-0.15, -0.1) is 0 Å². The maximum absolute atomic E-state index is 13.2. The van der Waals surface area contributed by atoms with Crippen molar-refractivity contribution in [2.24, 2.45) is 0 Å². The summed E-state index contributed by atoms with van der Waals surface area (Å²) in [5.41, 5.74) is 5.91. The molecule has 7 heteroatoms. The Bertz CT molecular complexity index is 702. The lowest BCUT2D eigenvalue weighted by Crippen LogP contribution is -2.13. The van der Waals surface area contributed by atoms with Crippen molar-refractivity contribution in [3.05, 3.63) is 53.3 Å². The molecule has 100 valence electrons. The molecule has 3 N–H and O–H groups in total. The Morgan fingerprint density at radius 1 is 1.11 bits per heavy atom. The summed E-state index contributed by atoms with van der Waals surface area (Å²) in [4.78, 5) is 0.0158. The zero-order valence-corrected chi connectivity index (χ0v) is 11.2. The van der Waals surface area contributed by atoms with Crippen LogP contribution < -0.4 is 10.5 Å². The molecule has 0 aromatic heterocycles. The van der Waals surface area contributed by atoms with Gasteiger partial charge in [0.2, 0.25) is 0 Å². The Kier molecular flexibility index (Phi) is 3.64. The van der Waals surface area contributed by atoms with Gasteiger partial charge in [0, 0.05) is 5.69 Å². The van der Waals surface area contributed by atoms with Gasteiger partial charge in [0.05, 0.1) is 10.6 Å². The number of halogens is 2. The molecule has 2 aromatic rings. The molecule has 0 atom stereocenters. The van der Waals surface area contributed by atoms with Crippen LogP contribution in [0.4, 0.5) is 15.8 Å². The third-order valence-electron chi connectivity index (χ3n) is 2.39. The minimum atomic E-state index is -3.83. The largest absolute Gasteiger partial charge is 0.399 e. The highest BCUT2D eigenvalue weighted by Gasteiger charge is 2.16. The van der Waals surface area contributed by atoms with E-state index in [1.807, 2.05) is 0 Å². The van der Waals surface area contributed by atoms with Gasteiger partial charge in [-0.1, -0.05) is 17.7 Å². The predicted octanol–water partition coefficient (Wildman–Crippen LogP) is 2.86. The van der Waals surface area contributed by atoms with Crippen LogP contribution in [0.25, 0.3) is 0 Å². The van der Waals surface area contributed by atoms with Crippen LogP contribution in [0.15, 0.2) is 47.4 Å². The van der Waals surface area contributed by atoms with E-state index < -0.39 is 15.8 Å². The second kappa shape index (κ2) is 5.07. The molecule has 0 aliphatic heterocycles. The normalized spacial score (nSPS) is 11.3. The fourth-order valence-electron chi connectivity index (χ4n) is 1.43. The first kappa shape index (κ1) is 13.6. The van der Waals surface area contributed by atoms with Gasteiger partial charge in [-0.3, -0.25) is 4.72 Å². The van der Waals surface area contributed by atoms with Crippen LogP contribution in [-0.4, -0.2) is 8.42 Å². The van der Waals surface area contributed by atoms with Gasteiger partial charge < -0.3 is 5.73 Å². The molecule has 0 fully saturated rings. The van der Waals surface area contributed by atoms with E-state index >= 15 is 0 Å². The summed E-state index contributed by atoms with van der Waals surface area (Å²) in [6, 6.07) is 9.50. The van der Waals surface area contributed by atoms with Crippen molar-refractivity contribution in [1.82, 2.24) is 0 Å². The van der Waals surface area contributed by atoms with Crippen LogP contribution in [-0.2, 0) is 10.0 Å². The molecule has 0 bridgehead atoms. The van der Waals surface area contributed by atoms with Crippen molar-refractivity contribution >= 4 is 33.0 Å². The zero-order valence-electron chi connectivity index (χ0n) is 9.60. The number of hydrogen-bond donors (Lipinski definition) is 2. The third kappa shape index (κ3) is 2.97. The highest BCUT2D eigenvalue weighted by Crippen LogP contribution is 2.27. The van der Waals surface area contributed by atoms with E-state index in [9.17, 15) is 12.8 Å². The topological polar surface area (TPSA) is 72.2 Å². The van der Waals surface area contributed by atoms with Gasteiger partial charge in [-0.25, -0.2) is 12.8 Å². The summed E-state index contributed by atoms with van der Waals surface area (Å²) in [6.07, 6.45) is 0. The summed E-state index contributed by atoms with van der Waals surface area (Å²) >= 11 is 5.69. The van der Waals surface area contributed by atoms with Crippen molar-refractivity contribution in [2.45, 2.75) is 4.90 Å². The van der Waals surface area contributed by atoms with Gasteiger partial charge in [-0.2, -0.15) is 0 Å². The van der Waals surface area contributed by atoms with Gasteiger partial charge in [-0.05, 0) is 36.4 Å². The summed E-state index contributed by atoms with van der Waals surface area (Å²) in [5, 5.41) is -0.276. The van der Waals surface area contributed by atoms with E-state index in [2.05, 4.69) is 4.72 Å². The Hall–Kier alpha value is -1.79. The molecular weight excluding hydrogens is 291 g/mol. The second-order valence-electron chi connectivity index (χ2n) is 3.78. The van der Waals surface area contributed by atoms with Gasteiger partial charge in [0.1, 0.15) is 10.8 Å². The molecule has 0 radical (unpaired) electrons. The number of benzene rings is 2. The molecule has 19 heavy (non-hydrogen) atoms. The monoisotopic (exact) mass is 300 g/mol. The van der Waals surface area contributed by atoms with E-state index in [4.69, 9.17) is 17.3 Å². The van der Waals surface area contributed by atoms with Crippen LogP contribution >= 0.6 is 11.6 Å². The maximum Gasteiger partial charge on any atom is 0.261 e. The van der Waals surface area contributed by atoms with Crippen LogP contribution in [0.3, 0.4) is 0 Å². The molecule has 0 unspecified atom stereocenters. The molecule has 0 heterocycles. The first-order valence-electron chi connectivity index (χ1n) is 5.22. The van der Waals surface area contributed by atoms with Gasteiger partial charge in [0.15, 0.2) is 0 Å². The number of nitrogen functional groups attached to an aromatic ring is 1. The second-order valence-corrected chi connectivity index (χ2v) is 5.84. The van der Waals surface area contributed by atoms with E-state index in [0.717, 1.165) is 6.07 Å². The summed E-state index contributed by atoms with van der Waals surface area (Å²) in [7, 11) is -3.83. The summed E-state index contributed by atoms with van der Waals surface area (Å²) < 4.78 is 39.5. The number of anilines is 2. The van der Waals surface area contributed by atoms with E-state index in [0.29, 0.717) is 5.69 Å². The molecule has 0 aliphatic carbocycles. The van der Waals surface area contributed by atoms with E-state index in [1.54, 1.807) is 0 Å². The Labute approximate surface area is 115 Å². The molecule has 0 aliphatic rings. The van der Waals surface area contributed by atoms with Gasteiger partial charge >= 0.3 is 0 Å². The molecule has 0 amide bonds. The van der Waals surface area contributed by atoms with E-state index in [-0.39, 0.29) is 15.6 Å². The van der Waals surface area contributed by atoms with Crippen molar-refractivity contribution < 1.29 is 12.8 Å². The maximum atomic E-state index is 13.2. The Morgan fingerprint density at radius 3 is 2.37 bits per heavy atom. The SMILES string of the molecule is Nc1ccc(S(=O)(=O)Nc2cccc(F)c2Cl)cc1. The fourth-order valence-corrected chi connectivity index (χ4v) is 2.73. The van der Waals surface area contributed by atoms with Gasteiger partial charge in [0.25, 0.3) is 10.0 Å². The minimum Gasteiger partial charge on any atom is -0.399 e. The van der Waals surface area contributed by atoms with Crippen LogP contribution in [0.5, 0.6) is 0 Å². The molecular formula is C12H10ClFN2O2S. The molecule has 0 spiro atoms.